The van der Waals surface area contributed by atoms with Gasteiger partial charge in [-0.05, 0) is 18.9 Å². The van der Waals surface area contributed by atoms with Gasteiger partial charge in [-0.3, -0.25) is 4.79 Å². The van der Waals surface area contributed by atoms with Crippen LogP contribution < -0.4 is 11.1 Å². The molecule has 0 bridgehead atoms. The number of amides is 1. The molecule has 1 aliphatic carbocycles. The summed E-state index contributed by atoms with van der Waals surface area (Å²) in [6.07, 6.45) is 5.64. The zero-order chi connectivity index (χ0) is 14.0. The highest BCUT2D eigenvalue weighted by molar-refractivity contribution is 7.17. The number of benzene rings is 1. The molecule has 3 N–H and O–H groups in total. The molecule has 20 heavy (non-hydrogen) atoms. The fraction of sp³-hybridized carbons (Fsp3) is 0.438. The van der Waals surface area contributed by atoms with Crippen LogP contribution in [-0.2, 0) is 0 Å². The Morgan fingerprint density at radius 1 is 1.25 bits per heavy atom. The second-order valence-electron chi connectivity index (χ2n) is 5.75. The van der Waals surface area contributed by atoms with Crippen LogP contribution in [0.3, 0.4) is 0 Å². The Hall–Kier alpha value is -1.39. The van der Waals surface area contributed by atoms with E-state index in [0.29, 0.717) is 6.54 Å². The first kappa shape index (κ1) is 13.6. The molecule has 0 atom stereocenters. The molecule has 0 saturated heterocycles. The molecular weight excluding hydrogens is 268 g/mol. The largest absolute Gasteiger partial charge is 0.350 e. The molecule has 1 aliphatic rings. The van der Waals surface area contributed by atoms with E-state index in [-0.39, 0.29) is 11.4 Å². The molecule has 3 nitrogen and oxygen atoms in total. The summed E-state index contributed by atoms with van der Waals surface area (Å²) in [5, 5.41) is 6.00. The van der Waals surface area contributed by atoms with Gasteiger partial charge in [-0.25, -0.2) is 0 Å². The number of carbonyl (C=O) groups is 1. The summed E-state index contributed by atoms with van der Waals surface area (Å²) >= 11 is 1.61. The van der Waals surface area contributed by atoms with Gasteiger partial charge in [0.1, 0.15) is 0 Å². The number of carbonyl (C=O) groups excluding carboxylic acids is 1. The quantitative estimate of drug-likeness (QED) is 0.910. The lowest BCUT2D eigenvalue weighted by Crippen LogP contribution is -2.51. The number of hydrogen-bond acceptors (Lipinski definition) is 3. The van der Waals surface area contributed by atoms with Crippen LogP contribution in [0.5, 0.6) is 0 Å². The van der Waals surface area contributed by atoms with E-state index in [0.717, 1.165) is 28.5 Å². The SMILES string of the molecule is NC1(CNC(=O)c2csc3ccccc23)CCCCC1. The van der Waals surface area contributed by atoms with Crippen LogP contribution in [0.2, 0.25) is 0 Å². The molecule has 0 unspecified atom stereocenters. The molecule has 1 saturated carbocycles. The van der Waals surface area contributed by atoms with E-state index >= 15 is 0 Å². The molecule has 1 heterocycles. The lowest BCUT2D eigenvalue weighted by molar-refractivity contribution is 0.0939. The molecule has 106 valence electrons. The first-order valence-corrected chi connectivity index (χ1v) is 8.09. The standard InChI is InChI=1S/C16H20N2OS/c17-16(8-4-1-5-9-16)11-18-15(19)13-10-20-14-7-3-2-6-12(13)14/h2-3,6-7,10H,1,4-5,8-9,11,17H2,(H,18,19). The van der Waals surface area contributed by atoms with Crippen LogP contribution in [0, 0.1) is 0 Å². The maximum Gasteiger partial charge on any atom is 0.252 e. The maximum absolute atomic E-state index is 12.3. The Balaban J connectivity index is 1.70. The first-order valence-electron chi connectivity index (χ1n) is 7.21. The summed E-state index contributed by atoms with van der Waals surface area (Å²) in [6.45, 7) is 0.579. The van der Waals surface area contributed by atoms with Crippen LogP contribution >= 0.6 is 11.3 Å². The average molecular weight is 288 g/mol. The van der Waals surface area contributed by atoms with Crippen LogP contribution in [0.15, 0.2) is 29.6 Å². The number of fused-ring (bicyclic) bond motifs is 1. The van der Waals surface area contributed by atoms with Crippen molar-refractivity contribution in [3.8, 4) is 0 Å². The van der Waals surface area contributed by atoms with E-state index in [1.807, 2.05) is 29.6 Å². The maximum atomic E-state index is 12.3. The highest BCUT2D eigenvalue weighted by Crippen LogP contribution is 2.27. The highest BCUT2D eigenvalue weighted by Gasteiger charge is 2.28. The van der Waals surface area contributed by atoms with Crippen molar-refractivity contribution in [2.24, 2.45) is 5.73 Å². The summed E-state index contributed by atoms with van der Waals surface area (Å²) in [6, 6.07) is 8.01. The Labute approximate surface area is 123 Å². The van der Waals surface area contributed by atoms with Gasteiger partial charge in [0, 0.05) is 27.5 Å². The minimum atomic E-state index is -0.209. The Morgan fingerprint density at radius 3 is 2.80 bits per heavy atom. The second-order valence-corrected chi connectivity index (χ2v) is 6.66. The van der Waals surface area contributed by atoms with Crippen molar-refractivity contribution in [1.82, 2.24) is 5.32 Å². The number of thiophene rings is 1. The van der Waals surface area contributed by atoms with Gasteiger partial charge >= 0.3 is 0 Å². The van der Waals surface area contributed by atoms with E-state index in [4.69, 9.17) is 5.73 Å². The normalized spacial score (nSPS) is 18.1. The van der Waals surface area contributed by atoms with Crippen molar-refractivity contribution < 1.29 is 4.79 Å². The van der Waals surface area contributed by atoms with Gasteiger partial charge in [0.25, 0.3) is 5.91 Å². The zero-order valence-corrected chi connectivity index (χ0v) is 12.3. The topological polar surface area (TPSA) is 55.1 Å². The summed E-state index contributed by atoms with van der Waals surface area (Å²) in [5.74, 6) is -0.00199. The van der Waals surface area contributed by atoms with Crippen molar-refractivity contribution in [2.45, 2.75) is 37.6 Å². The molecule has 1 fully saturated rings. The number of nitrogens with two attached hydrogens (primary N) is 1. The predicted molar refractivity (Wildman–Crippen MR) is 84.2 cm³/mol. The minimum Gasteiger partial charge on any atom is -0.350 e. The second kappa shape index (κ2) is 5.54. The Bertz CT molecular complexity index is 614. The molecular formula is C16H20N2OS. The number of hydrogen-bond donors (Lipinski definition) is 2. The monoisotopic (exact) mass is 288 g/mol. The molecule has 3 rings (SSSR count). The first-order chi connectivity index (χ1) is 9.68. The Kier molecular flexibility index (Phi) is 3.76. The van der Waals surface area contributed by atoms with Crippen molar-refractivity contribution >= 4 is 27.3 Å². The van der Waals surface area contributed by atoms with Crippen molar-refractivity contribution in [3.63, 3.8) is 0 Å². The molecule has 1 amide bonds. The van der Waals surface area contributed by atoms with Crippen LogP contribution in [-0.4, -0.2) is 18.0 Å². The molecule has 4 heteroatoms. The molecule has 2 aromatic rings. The smallest absolute Gasteiger partial charge is 0.252 e. The average Bonchev–Trinajstić information content (AvgIpc) is 2.90. The van der Waals surface area contributed by atoms with Crippen LogP contribution in [0.4, 0.5) is 0 Å². The van der Waals surface area contributed by atoms with Gasteiger partial charge in [-0.1, -0.05) is 37.5 Å². The van der Waals surface area contributed by atoms with Gasteiger partial charge in [0.15, 0.2) is 0 Å². The lowest BCUT2D eigenvalue weighted by Gasteiger charge is -2.33. The van der Waals surface area contributed by atoms with Crippen LogP contribution in [0.25, 0.3) is 10.1 Å². The molecule has 1 aromatic carbocycles. The van der Waals surface area contributed by atoms with Crippen molar-refractivity contribution in [1.29, 1.82) is 0 Å². The van der Waals surface area contributed by atoms with E-state index in [1.165, 1.54) is 19.3 Å². The van der Waals surface area contributed by atoms with E-state index in [1.54, 1.807) is 11.3 Å². The van der Waals surface area contributed by atoms with Crippen molar-refractivity contribution in [3.05, 3.63) is 35.2 Å². The molecule has 1 aromatic heterocycles. The van der Waals surface area contributed by atoms with Gasteiger partial charge in [0.05, 0.1) is 5.56 Å². The summed E-state index contributed by atoms with van der Waals surface area (Å²) in [4.78, 5) is 12.3. The predicted octanol–water partition coefficient (Wildman–Crippen LogP) is 3.29. The van der Waals surface area contributed by atoms with Gasteiger partial charge in [-0.15, -0.1) is 11.3 Å². The number of nitrogens with one attached hydrogen (secondary N) is 1. The van der Waals surface area contributed by atoms with Gasteiger partial charge in [-0.2, -0.15) is 0 Å². The third kappa shape index (κ3) is 2.72. The summed E-state index contributed by atoms with van der Waals surface area (Å²) in [5.41, 5.74) is 6.92. The fourth-order valence-electron chi connectivity index (χ4n) is 2.94. The number of rotatable bonds is 3. The lowest BCUT2D eigenvalue weighted by atomic mass is 9.82. The third-order valence-corrected chi connectivity index (χ3v) is 5.14. The van der Waals surface area contributed by atoms with Crippen molar-refractivity contribution in [2.75, 3.05) is 6.54 Å². The zero-order valence-electron chi connectivity index (χ0n) is 11.5. The molecule has 0 spiro atoms. The van der Waals surface area contributed by atoms with Crippen LogP contribution in [0.1, 0.15) is 42.5 Å². The molecule has 0 radical (unpaired) electrons. The van der Waals surface area contributed by atoms with Gasteiger partial charge < -0.3 is 11.1 Å². The molecule has 0 aliphatic heterocycles. The Morgan fingerprint density at radius 2 is 2.00 bits per heavy atom. The summed E-state index contributed by atoms with van der Waals surface area (Å²) < 4.78 is 1.15. The van der Waals surface area contributed by atoms with E-state index in [9.17, 15) is 4.79 Å². The fourth-order valence-corrected chi connectivity index (χ4v) is 3.88. The van der Waals surface area contributed by atoms with Gasteiger partial charge in [0.2, 0.25) is 0 Å². The van der Waals surface area contributed by atoms with E-state index in [2.05, 4.69) is 5.32 Å². The minimum absolute atomic E-state index is 0.00199. The third-order valence-electron chi connectivity index (χ3n) is 4.18. The highest BCUT2D eigenvalue weighted by atomic mass is 32.1. The van der Waals surface area contributed by atoms with E-state index < -0.39 is 0 Å². The summed E-state index contributed by atoms with van der Waals surface area (Å²) in [7, 11) is 0.